The highest BCUT2D eigenvalue weighted by Crippen LogP contribution is 2.31. The summed E-state index contributed by atoms with van der Waals surface area (Å²) < 4.78 is 21.4. The first-order valence-electron chi connectivity index (χ1n) is 6.39. The third-order valence-electron chi connectivity index (χ3n) is 2.66. The molecule has 1 aromatic carbocycles. The molecule has 0 atom stereocenters. The van der Waals surface area contributed by atoms with E-state index in [1.54, 1.807) is 20.3 Å². The van der Waals surface area contributed by atoms with Crippen molar-refractivity contribution in [1.29, 1.82) is 0 Å². The Labute approximate surface area is 116 Å². The molecule has 0 saturated heterocycles. The van der Waals surface area contributed by atoms with Crippen LogP contribution in [0.4, 0.5) is 0 Å². The van der Waals surface area contributed by atoms with Crippen molar-refractivity contribution in [3.63, 3.8) is 0 Å². The number of rotatable bonds is 8. The minimum Gasteiger partial charge on any atom is -0.497 e. The summed E-state index contributed by atoms with van der Waals surface area (Å²) in [5, 5.41) is 0. The van der Waals surface area contributed by atoms with Gasteiger partial charge in [-0.2, -0.15) is 0 Å². The van der Waals surface area contributed by atoms with Crippen molar-refractivity contribution < 1.29 is 18.9 Å². The fourth-order valence-corrected chi connectivity index (χ4v) is 2.19. The van der Waals surface area contributed by atoms with Gasteiger partial charge >= 0.3 is 0 Å². The second-order valence-corrected chi connectivity index (χ2v) is 11.1. The lowest BCUT2D eigenvalue weighted by molar-refractivity contribution is 0.0205. The van der Waals surface area contributed by atoms with Crippen LogP contribution in [0.25, 0.3) is 0 Å². The molecule has 0 aliphatic heterocycles. The zero-order valence-electron chi connectivity index (χ0n) is 12.5. The fraction of sp³-hybridized carbons (Fsp3) is 0.571. The Hall–Kier alpha value is -1.20. The van der Waals surface area contributed by atoms with E-state index < -0.39 is 8.07 Å². The molecule has 0 aliphatic rings. The summed E-state index contributed by atoms with van der Waals surface area (Å²) in [5.74, 6) is 2.05. The number of benzene rings is 1. The first kappa shape index (κ1) is 15.9. The van der Waals surface area contributed by atoms with Crippen LogP contribution < -0.4 is 14.2 Å². The van der Waals surface area contributed by atoms with Gasteiger partial charge in [0.2, 0.25) is 0 Å². The summed E-state index contributed by atoms with van der Waals surface area (Å²) in [6, 6.07) is 6.58. The van der Waals surface area contributed by atoms with Gasteiger partial charge in [0.1, 0.15) is 5.75 Å². The molecule has 0 spiro atoms. The zero-order valence-corrected chi connectivity index (χ0v) is 13.5. The number of ether oxygens (including phenoxy) is 4. The molecular formula is C14H24O4Si. The van der Waals surface area contributed by atoms with Crippen molar-refractivity contribution in [2.45, 2.75) is 25.7 Å². The second kappa shape index (κ2) is 7.40. The molecule has 0 fully saturated rings. The van der Waals surface area contributed by atoms with Crippen LogP contribution in [0.1, 0.15) is 0 Å². The monoisotopic (exact) mass is 284 g/mol. The molecule has 0 radical (unpaired) electrons. The Morgan fingerprint density at radius 1 is 1.00 bits per heavy atom. The summed E-state index contributed by atoms with van der Waals surface area (Å²) in [5.41, 5.74) is 0. The highest BCUT2D eigenvalue weighted by Gasteiger charge is 2.12. The Bertz CT molecular complexity index is 388. The predicted molar refractivity (Wildman–Crippen MR) is 79.1 cm³/mol. The van der Waals surface area contributed by atoms with Gasteiger partial charge in [-0.05, 0) is 18.2 Å². The summed E-state index contributed by atoms with van der Waals surface area (Å²) in [6.45, 7) is 7.96. The van der Waals surface area contributed by atoms with Crippen LogP contribution in [0.3, 0.4) is 0 Å². The van der Waals surface area contributed by atoms with Gasteiger partial charge in [-0.1, -0.05) is 19.6 Å². The van der Waals surface area contributed by atoms with Gasteiger partial charge in [0, 0.05) is 20.7 Å². The zero-order chi connectivity index (χ0) is 14.3. The lowest BCUT2D eigenvalue weighted by Crippen LogP contribution is -2.22. The minimum absolute atomic E-state index is 0.243. The van der Waals surface area contributed by atoms with E-state index >= 15 is 0 Å². The third-order valence-corrected chi connectivity index (χ3v) is 4.37. The van der Waals surface area contributed by atoms with Gasteiger partial charge in [-0.25, -0.2) is 0 Å². The molecule has 19 heavy (non-hydrogen) atoms. The van der Waals surface area contributed by atoms with Crippen molar-refractivity contribution >= 4 is 8.07 Å². The Balaban J connectivity index is 2.41. The summed E-state index contributed by atoms with van der Waals surface area (Å²) >= 11 is 0. The molecule has 5 heteroatoms. The number of hydrogen-bond donors (Lipinski definition) is 0. The van der Waals surface area contributed by atoms with Crippen LogP contribution in [0.2, 0.25) is 25.7 Å². The van der Waals surface area contributed by atoms with Crippen LogP contribution in [0.15, 0.2) is 18.2 Å². The highest BCUT2D eigenvalue weighted by molar-refractivity contribution is 6.76. The quantitative estimate of drug-likeness (QED) is 0.416. The van der Waals surface area contributed by atoms with Gasteiger partial charge in [-0.15, -0.1) is 0 Å². The molecule has 0 amide bonds. The third kappa shape index (κ3) is 5.98. The lowest BCUT2D eigenvalue weighted by atomic mass is 10.3. The minimum atomic E-state index is -1.04. The molecule has 0 unspecified atom stereocenters. The van der Waals surface area contributed by atoms with E-state index in [0.29, 0.717) is 11.5 Å². The van der Waals surface area contributed by atoms with E-state index in [9.17, 15) is 0 Å². The van der Waals surface area contributed by atoms with E-state index in [1.165, 1.54) is 0 Å². The molecule has 0 aromatic heterocycles. The van der Waals surface area contributed by atoms with Crippen LogP contribution in [0.5, 0.6) is 17.2 Å². The molecule has 0 heterocycles. The van der Waals surface area contributed by atoms with E-state index in [1.807, 2.05) is 12.1 Å². The van der Waals surface area contributed by atoms with Crippen molar-refractivity contribution in [3.05, 3.63) is 18.2 Å². The predicted octanol–water partition coefficient (Wildman–Crippen LogP) is 3.39. The SMILES string of the molecule is COc1ccc(OCOCC[Si](C)(C)C)c(OC)c1. The second-order valence-electron chi connectivity index (χ2n) is 5.50. The highest BCUT2D eigenvalue weighted by atomic mass is 28.3. The number of methoxy groups -OCH3 is 2. The van der Waals surface area contributed by atoms with Gasteiger partial charge in [0.15, 0.2) is 18.3 Å². The van der Waals surface area contributed by atoms with Crippen LogP contribution in [-0.4, -0.2) is 35.7 Å². The Morgan fingerprint density at radius 2 is 1.74 bits per heavy atom. The molecule has 0 bridgehead atoms. The lowest BCUT2D eigenvalue weighted by Gasteiger charge is -2.16. The largest absolute Gasteiger partial charge is 0.497 e. The molecule has 1 rings (SSSR count). The van der Waals surface area contributed by atoms with Gasteiger partial charge in [0.25, 0.3) is 0 Å². The maximum Gasteiger partial charge on any atom is 0.189 e. The first-order chi connectivity index (χ1) is 8.96. The number of hydrogen-bond acceptors (Lipinski definition) is 4. The van der Waals surface area contributed by atoms with Crippen LogP contribution >= 0.6 is 0 Å². The fourth-order valence-electron chi connectivity index (χ4n) is 1.44. The summed E-state index contributed by atoms with van der Waals surface area (Å²) in [6.07, 6.45) is 0. The van der Waals surface area contributed by atoms with E-state index in [-0.39, 0.29) is 6.79 Å². The summed E-state index contributed by atoms with van der Waals surface area (Å²) in [7, 11) is 2.19. The molecule has 108 valence electrons. The van der Waals surface area contributed by atoms with Crippen molar-refractivity contribution in [3.8, 4) is 17.2 Å². The summed E-state index contributed by atoms with van der Waals surface area (Å²) in [4.78, 5) is 0. The van der Waals surface area contributed by atoms with Gasteiger partial charge in [-0.3, -0.25) is 0 Å². The molecule has 1 aromatic rings. The molecule has 4 nitrogen and oxygen atoms in total. The van der Waals surface area contributed by atoms with Crippen molar-refractivity contribution in [2.24, 2.45) is 0 Å². The molecular weight excluding hydrogens is 260 g/mol. The average Bonchev–Trinajstić information content (AvgIpc) is 2.37. The Kier molecular flexibility index (Phi) is 6.18. The normalized spacial score (nSPS) is 11.2. The molecule has 0 N–H and O–H groups in total. The van der Waals surface area contributed by atoms with E-state index in [0.717, 1.165) is 18.4 Å². The first-order valence-corrected chi connectivity index (χ1v) is 10.1. The molecule has 0 aliphatic carbocycles. The van der Waals surface area contributed by atoms with Crippen LogP contribution in [0, 0.1) is 0 Å². The van der Waals surface area contributed by atoms with Crippen molar-refractivity contribution in [1.82, 2.24) is 0 Å². The standard InChI is InChI=1S/C14H24O4Si/c1-15-12-6-7-13(14(10-12)16-2)18-11-17-8-9-19(3,4)5/h6-7,10H,8-9,11H2,1-5H3. The van der Waals surface area contributed by atoms with E-state index in [4.69, 9.17) is 18.9 Å². The maximum atomic E-state index is 5.55. The van der Waals surface area contributed by atoms with E-state index in [2.05, 4.69) is 19.6 Å². The van der Waals surface area contributed by atoms with Gasteiger partial charge < -0.3 is 18.9 Å². The topological polar surface area (TPSA) is 36.9 Å². The Morgan fingerprint density at radius 3 is 2.32 bits per heavy atom. The molecule has 0 saturated carbocycles. The van der Waals surface area contributed by atoms with Gasteiger partial charge in [0.05, 0.1) is 14.2 Å². The maximum absolute atomic E-state index is 5.55. The average molecular weight is 284 g/mol. The van der Waals surface area contributed by atoms with Crippen molar-refractivity contribution in [2.75, 3.05) is 27.6 Å². The smallest absolute Gasteiger partial charge is 0.189 e. The van der Waals surface area contributed by atoms with Crippen LogP contribution in [-0.2, 0) is 4.74 Å².